The lowest BCUT2D eigenvalue weighted by atomic mass is 10.0. The molecule has 0 aliphatic carbocycles. The molecular weight excluding hydrogens is 280 g/mol. The lowest BCUT2D eigenvalue weighted by Gasteiger charge is -2.23. The maximum atomic E-state index is 11.9. The van der Waals surface area contributed by atoms with Gasteiger partial charge in [-0.25, -0.2) is 13.1 Å². The van der Waals surface area contributed by atoms with Crippen molar-refractivity contribution in [3.8, 4) is 0 Å². The zero-order chi connectivity index (χ0) is 14.4. The molecule has 2 heterocycles. The van der Waals surface area contributed by atoms with Gasteiger partial charge in [0.2, 0.25) is 15.9 Å². The van der Waals surface area contributed by atoms with Crippen molar-refractivity contribution in [2.24, 2.45) is 0 Å². The molecule has 1 aliphatic heterocycles. The van der Waals surface area contributed by atoms with Gasteiger partial charge in [0.25, 0.3) is 0 Å². The summed E-state index contributed by atoms with van der Waals surface area (Å²) in [6.45, 7) is 3.02. The van der Waals surface area contributed by atoms with Crippen molar-refractivity contribution in [2.75, 3.05) is 18.8 Å². The molecule has 0 aromatic carbocycles. The van der Waals surface area contributed by atoms with Gasteiger partial charge in [0.15, 0.2) is 5.82 Å². The van der Waals surface area contributed by atoms with Crippen LogP contribution in [0.25, 0.3) is 0 Å². The average Bonchev–Trinajstić information content (AvgIpc) is 2.83. The number of nitrogens with one attached hydrogen (secondary N) is 2. The third-order valence-corrected chi connectivity index (χ3v) is 4.80. The lowest BCUT2D eigenvalue weighted by Crippen LogP contribution is -2.37. The molecule has 1 aromatic rings. The molecule has 0 amide bonds. The largest absolute Gasteiger partial charge is 0.339 e. The average molecular weight is 302 g/mol. The highest BCUT2D eigenvalue weighted by atomic mass is 32.2. The highest BCUT2D eigenvalue weighted by Crippen LogP contribution is 2.10. The van der Waals surface area contributed by atoms with Gasteiger partial charge in [-0.15, -0.1) is 0 Å². The second kappa shape index (κ2) is 7.14. The van der Waals surface area contributed by atoms with E-state index in [1.54, 1.807) is 6.92 Å². The van der Waals surface area contributed by atoms with Crippen molar-refractivity contribution >= 4 is 10.0 Å². The van der Waals surface area contributed by atoms with Gasteiger partial charge < -0.3 is 9.84 Å². The molecule has 0 radical (unpaired) electrons. The lowest BCUT2D eigenvalue weighted by molar-refractivity contribution is 0.374. The molecule has 1 saturated heterocycles. The smallest absolute Gasteiger partial charge is 0.227 e. The molecule has 2 rings (SSSR count). The van der Waals surface area contributed by atoms with E-state index < -0.39 is 10.0 Å². The molecule has 114 valence electrons. The Morgan fingerprint density at radius 3 is 2.95 bits per heavy atom. The first kappa shape index (κ1) is 15.4. The Balaban J connectivity index is 1.67. The first-order valence-electron chi connectivity index (χ1n) is 7.05. The number of aromatic nitrogens is 2. The Morgan fingerprint density at radius 1 is 1.45 bits per heavy atom. The quantitative estimate of drug-likeness (QED) is 0.755. The van der Waals surface area contributed by atoms with Gasteiger partial charge in [0.1, 0.15) is 0 Å². The molecule has 1 aliphatic rings. The Kier molecular flexibility index (Phi) is 5.50. The van der Waals surface area contributed by atoms with Crippen LogP contribution in [0.5, 0.6) is 0 Å². The van der Waals surface area contributed by atoms with E-state index in [2.05, 4.69) is 20.2 Å². The van der Waals surface area contributed by atoms with Crippen LogP contribution in [0.15, 0.2) is 4.52 Å². The molecule has 0 bridgehead atoms. The van der Waals surface area contributed by atoms with E-state index in [1.807, 2.05) is 0 Å². The van der Waals surface area contributed by atoms with E-state index in [0.29, 0.717) is 37.1 Å². The third-order valence-electron chi connectivity index (χ3n) is 3.38. The summed E-state index contributed by atoms with van der Waals surface area (Å²) in [6, 6.07) is 0.332. The zero-order valence-corrected chi connectivity index (χ0v) is 12.6. The van der Waals surface area contributed by atoms with Gasteiger partial charge in [-0.2, -0.15) is 4.98 Å². The van der Waals surface area contributed by atoms with Gasteiger partial charge in [-0.05, 0) is 32.7 Å². The first-order chi connectivity index (χ1) is 9.55. The second-order valence-electron chi connectivity index (χ2n) is 5.13. The van der Waals surface area contributed by atoms with Crippen molar-refractivity contribution in [2.45, 2.75) is 45.1 Å². The van der Waals surface area contributed by atoms with Crippen LogP contribution in [0.4, 0.5) is 0 Å². The summed E-state index contributed by atoms with van der Waals surface area (Å²) < 4.78 is 31.2. The predicted octanol–water partition coefficient (Wildman–Crippen LogP) is 0.372. The summed E-state index contributed by atoms with van der Waals surface area (Å²) in [7, 11) is -3.22. The molecule has 1 atom stereocenters. The van der Waals surface area contributed by atoms with Crippen molar-refractivity contribution in [3.63, 3.8) is 0 Å². The summed E-state index contributed by atoms with van der Waals surface area (Å²) in [5.74, 6) is 1.18. The van der Waals surface area contributed by atoms with E-state index in [4.69, 9.17) is 4.52 Å². The van der Waals surface area contributed by atoms with Crippen LogP contribution in [-0.2, 0) is 16.4 Å². The molecular formula is C12H22N4O3S. The molecule has 2 N–H and O–H groups in total. The molecule has 7 nitrogen and oxygen atoms in total. The van der Waals surface area contributed by atoms with Crippen molar-refractivity contribution < 1.29 is 12.9 Å². The summed E-state index contributed by atoms with van der Waals surface area (Å²) in [5, 5.41) is 7.01. The summed E-state index contributed by atoms with van der Waals surface area (Å²) >= 11 is 0. The summed E-state index contributed by atoms with van der Waals surface area (Å²) in [6.07, 6.45) is 4.51. The van der Waals surface area contributed by atoms with E-state index in [1.165, 1.54) is 12.8 Å². The predicted molar refractivity (Wildman–Crippen MR) is 74.8 cm³/mol. The molecule has 1 fully saturated rings. The van der Waals surface area contributed by atoms with Crippen LogP contribution in [-0.4, -0.2) is 43.4 Å². The van der Waals surface area contributed by atoms with Crippen molar-refractivity contribution in [1.29, 1.82) is 0 Å². The Labute approximate surface area is 119 Å². The topological polar surface area (TPSA) is 97.1 Å². The van der Waals surface area contributed by atoms with Gasteiger partial charge >= 0.3 is 0 Å². The minimum Gasteiger partial charge on any atom is -0.339 e. The number of rotatable bonds is 7. The highest BCUT2D eigenvalue weighted by Gasteiger charge is 2.17. The molecule has 0 saturated carbocycles. The fourth-order valence-electron chi connectivity index (χ4n) is 2.30. The van der Waals surface area contributed by atoms with Crippen LogP contribution in [0, 0.1) is 6.92 Å². The van der Waals surface area contributed by atoms with E-state index in [0.717, 1.165) is 13.0 Å². The molecule has 0 spiro atoms. The maximum Gasteiger partial charge on any atom is 0.227 e. The number of aryl methyl sites for hydroxylation is 1. The van der Waals surface area contributed by atoms with Gasteiger partial charge in [0, 0.05) is 19.0 Å². The highest BCUT2D eigenvalue weighted by molar-refractivity contribution is 7.89. The van der Waals surface area contributed by atoms with Gasteiger partial charge in [-0.1, -0.05) is 11.6 Å². The number of hydrogen-bond acceptors (Lipinski definition) is 6. The summed E-state index contributed by atoms with van der Waals surface area (Å²) in [4.78, 5) is 4.03. The number of sulfonamides is 1. The van der Waals surface area contributed by atoms with E-state index >= 15 is 0 Å². The van der Waals surface area contributed by atoms with Gasteiger partial charge in [-0.3, -0.25) is 0 Å². The van der Waals surface area contributed by atoms with E-state index in [9.17, 15) is 8.42 Å². The molecule has 8 heteroatoms. The fraction of sp³-hybridized carbons (Fsp3) is 0.833. The second-order valence-corrected chi connectivity index (χ2v) is 7.06. The normalized spacial score (nSPS) is 20.1. The third kappa shape index (κ3) is 5.18. The van der Waals surface area contributed by atoms with Gasteiger partial charge in [0.05, 0.1) is 5.75 Å². The van der Waals surface area contributed by atoms with Crippen LogP contribution < -0.4 is 10.0 Å². The molecule has 1 unspecified atom stereocenters. The Morgan fingerprint density at radius 2 is 2.30 bits per heavy atom. The van der Waals surface area contributed by atoms with Crippen molar-refractivity contribution in [1.82, 2.24) is 20.2 Å². The Hall–Kier alpha value is -0.990. The summed E-state index contributed by atoms with van der Waals surface area (Å²) in [5.41, 5.74) is 0. The minimum absolute atomic E-state index is 0.160. The van der Waals surface area contributed by atoms with Crippen LogP contribution in [0.2, 0.25) is 0 Å². The minimum atomic E-state index is -3.22. The number of nitrogens with zero attached hydrogens (tertiary/aromatic N) is 2. The number of hydrogen-bond donors (Lipinski definition) is 2. The maximum absolute atomic E-state index is 11.9. The number of piperidine rings is 1. The monoisotopic (exact) mass is 302 g/mol. The van der Waals surface area contributed by atoms with Crippen LogP contribution in [0.3, 0.4) is 0 Å². The standard InChI is InChI=1S/C12H22N4O3S/c1-10-15-12(19-16-10)5-8-14-20(17,18)9-6-11-4-2-3-7-13-11/h11,13-14H,2-9H2,1H3. The fourth-order valence-corrected chi connectivity index (χ4v) is 3.45. The van der Waals surface area contributed by atoms with Crippen LogP contribution >= 0.6 is 0 Å². The SMILES string of the molecule is Cc1noc(CCNS(=O)(=O)CCC2CCCCN2)n1. The molecule has 1 aromatic heterocycles. The first-order valence-corrected chi connectivity index (χ1v) is 8.70. The zero-order valence-electron chi connectivity index (χ0n) is 11.8. The Bertz CT molecular complexity index is 509. The van der Waals surface area contributed by atoms with Crippen molar-refractivity contribution in [3.05, 3.63) is 11.7 Å². The van der Waals surface area contributed by atoms with E-state index in [-0.39, 0.29) is 5.75 Å². The molecule has 20 heavy (non-hydrogen) atoms. The van der Waals surface area contributed by atoms with Crippen LogP contribution in [0.1, 0.15) is 37.4 Å².